The van der Waals surface area contributed by atoms with Gasteiger partial charge in [-0.15, -0.1) is 0 Å². The number of primary amides is 1. The van der Waals surface area contributed by atoms with E-state index in [1.807, 2.05) is 0 Å². The second kappa shape index (κ2) is 7.04. The Morgan fingerprint density at radius 3 is 2.30 bits per heavy atom. The van der Waals surface area contributed by atoms with Gasteiger partial charge in [0.25, 0.3) is 5.91 Å². The fourth-order valence-electron chi connectivity index (χ4n) is 5.73. The van der Waals surface area contributed by atoms with Crippen molar-refractivity contribution in [2.45, 2.75) is 30.6 Å². The molecule has 11 heteroatoms. The highest BCUT2D eigenvalue weighted by Crippen LogP contribution is 2.56. The molecule has 4 rings (SSSR count). The second-order valence-corrected chi connectivity index (χ2v) is 9.01. The van der Waals surface area contributed by atoms with Crippen molar-refractivity contribution in [2.75, 3.05) is 19.8 Å². The fraction of sp³-hybridized carbons (Fsp3) is 0.409. The lowest BCUT2D eigenvalue weighted by atomic mass is 9.54. The minimum Gasteiger partial charge on any atom is -0.508 e. The van der Waals surface area contributed by atoms with E-state index in [4.69, 9.17) is 11.5 Å². The molecule has 0 radical (unpaired) electrons. The Morgan fingerprint density at radius 2 is 1.76 bits per heavy atom. The number of likely N-dealkylation sites (N-methyl/N-ethyl adjacent to an activating group) is 1. The summed E-state index contributed by atoms with van der Waals surface area (Å²) >= 11 is 0. The summed E-state index contributed by atoms with van der Waals surface area (Å²) in [4.78, 5) is 40.0. The molecular formula is C22H25N3O8. The highest BCUT2D eigenvalue weighted by atomic mass is 16.4. The third kappa shape index (κ3) is 2.63. The molecule has 1 aromatic rings. The van der Waals surface area contributed by atoms with Crippen LogP contribution >= 0.6 is 0 Å². The Balaban J connectivity index is 2.08. The quantitative estimate of drug-likeness (QED) is 0.164. The Hall–Kier alpha value is -3.41. The highest BCUT2D eigenvalue weighted by Gasteiger charge is 2.68. The van der Waals surface area contributed by atoms with Crippen LogP contribution in [0.15, 0.2) is 29.0 Å². The van der Waals surface area contributed by atoms with Gasteiger partial charge in [-0.2, -0.15) is 0 Å². The number of nitrogens with zero attached hydrogens (tertiary/aromatic N) is 1. The summed E-state index contributed by atoms with van der Waals surface area (Å²) in [5.74, 6) is -9.37. The summed E-state index contributed by atoms with van der Waals surface area (Å²) in [6, 6.07) is 1.24. The maximum atomic E-state index is 13.7. The number of carbonyl (C=O) groups is 3. The monoisotopic (exact) mass is 459 g/mol. The molecule has 1 saturated carbocycles. The zero-order chi connectivity index (χ0) is 24.7. The van der Waals surface area contributed by atoms with E-state index in [1.54, 1.807) is 6.92 Å². The average molecular weight is 459 g/mol. The minimum absolute atomic E-state index is 0.133. The zero-order valence-electron chi connectivity index (χ0n) is 18.1. The van der Waals surface area contributed by atoms with E-state index in [0.29, 0.717) is 5.56 Å². The second-order valence-electron chi connectivity index (χ2n) is 9.01. The number of hydrogen-bond donors (Lipinski definition) is 7. The Morgan fingerprint density at radius 1 is 1.15 bits per heavy atom. The maximum Gasteiger partial charge on any atom is 0.255 e. The van der Waals surface area contributed by atoms with Gasteiger partial charge in [-0.25, -0.2) is 0 Å². The number of rotatable bonds is 2. The van der Waals surface area contributed by atoms with Crippen molar-refractivity contribution in [3.05, 3.63) is 40.2 Å². The van der Waals surface area contributed by atoms with E-state index in [1.165, 1.54) is 31.1 Å². The molecule has 176 valence electrons. The number of nitrogen functional groups attached to an aromatic ring is 1. The third-order valence-electron chi connectivity index (χ3n) is 7.14. The molecule has 0 aromatic heterocycles. The number of benzene rings is 1. The smallest absolute Gasteiger partial charge is 0.255 e. The maximum absolute atomic E-state index is 13.7. The summed E-state index contributed by atoms with van der Waals surface area (Å²) in [6.45, 7) is 1.62. The van der Waals surface area contributed by atoms with Gasteiger partial charge >= 0.3 is 0 Å². The Bertz CT molecular complexity index is 1190. The number of phenolic OH excluding ortho intramolecular Hbond substituents is 1. The zero-order valence-corrected chi connectivity index (χ0v) is 18.1. The number of fused-ring (bicyclic) bond motifs is 3. The predicted molar refractivity (Wildman–Crippen MR) is 115 cm³/mol. The first-order chi connectivity index (χ1) is 15.3. The standard InChI is InChI=1S/C22H25N3O8/c1-6-9-7(23)4-5-8(26)11(9)16(27)12-10(6)17(28)14-15(25(2)3)18(29)13(21(24)32)20(31)22(14,33)19(12)30/h4-6,10,14-15,17,26-28,31,33H,23H2,1-3H3,(H2,24,32)/t6-,10+,14+,15?,17-,22-/m0/s1. The van der Waals surface area contributed by atoms with Gasteiger partial charge in [0.1, 0.15) is 22.8 Å². The van der Waals surface area contributed by atoms with E-state index in [2.05, 4.69) is 0 Å². The molecule has 3 aliphatic rings. The molecule has 1 fully saturated rings. The summed E-state index contributed by atoms with van der Waals surface area (Å²) in [5.41, 5.74) is 7.35. The molecule has 0 heterocycles. The van der Waals surface area contributed by atoms with Crippen LogP contribution in [0.5, 0.6) is 5.75 Å². The number of hydrogen-bond acceptors (Lipinski definition) is 10. The van der Waals surface area contributed by atoms with Gasteiger partial charge in [-0.1, -0.05) is 6.92 Å². The number of nitrogens with two attached hydrogens (primary N) is 2. The van der Waals surface area contributed by atoms with Gasteiger partial charge in [-0.3, -0.25) is 19.3 Å². The van der Waals surface area contributed by atoms with Gasteiger partial charge in [0.2, 0.25) is 5.78 Å². The number of amides is 1. The molecule has 0 aliphatic heterocycles. The molecule has 1 unspecified atom stereocenters. The number of phenols is 1. The highest BCUT2D eigenvalue weighted by molar-refractivity contribution is 6.24. The van der Waals surface area contributed by atoms with Crippen LogP contribution in [0.4, 0.5) is 5.69 Å². The number of Topliss-reactive ketones (excluding diaryl/α,β-unsaturated/α-hetero) is 2. The topological polar surface area (TPSA) is 208 Å². The molecule has 9 N–H and O–H groups in total. The molecule has 1 amide bonds. The summed E-state index contributed by atoms with van der Waals surface area (Å²) in [7, 11) is 2.89. The van der Waals surface area contributed by atoms with Crippen molar-refractivity contribution in [1.29, 1.82) is 0 Å². The third-order valence-corrected chi connectivity index (χ3v) is 7.14. The molecule has 0 saturated heterocycles. The van der Waals surface area contributed by atoms with E-state index in [9.17, 15) is 39.9 Å². The van der Waals surface area contributed by atoms with Crippen molar-refractivity contribution in [2.24, 2.45) is 17.6 Å². The molecule has 6 atom stereocenters. The van der Waals surface area contributed by atoms with Gasteiger partial charge < -0.3 is 37.0 Å². The van der Waals surface area contributed by atoms with Crippen LogP contribution in [0.2, 0.25) is 0 Å². The minimum atomic E-state index is -2.93. The largest absolute Gasteiger partial charge is 0.508 e. The summed E-state index contributed by atoms with van der Waals surface area (Å²) in [6.07, 6.45) is -1.65. The van der Waals surface area contributed by atoms with Crippen LogP contribution in [-0.4, -0.2) is 79.7 Å². The van der Waals surface area contributed by atoms with Crippen LogP contribution in [0, 0.1) is 11.8 Å². The van der Waals surface area contributed by atoms with Crippen molar-refractivity contribution >= 4 is 28.9 Å². The predicted octanol–water partition coefficient (Wildman–Crippen LogP) is -0.922. The molecular weight excluding hydrogens is 434 g/mol. The van der Waals surface area contributed by atoms with Crippen molar-refractivity contribution < 1.29 is 39.9 Å². The van der Waals surface area contributed by atoms with Crippen LogP contribution < -0.4 is 11.5 Å². The molecule has 0 spiro atoms. The molecule has 33 heavy (non-hydrogen) atoms. The van der Waals surface area contributed by atoms with Crippen LogP contribution in [0.3, 0.4) is 0 Å². The van der Waals surface area contributed by atoms with Gasteiger partial charge in [0.05, 0.1) is 23.6 Å². The SMILES string of the molecule is C[C@H]1c2c(N)ccc(O)c2C(O)=C2C(=O)[C@]3(O)C(O)=C(C(N)=O)C(=O)C(N(C)C)[C@@H]3[C@@H](O)[C@@H]21. The van der Waals surface area contributed by atoms with Gasteiger partial charge in [-0.05, 0) is 37.7 Å². The number of anilines is 1. The van der Waals surface area contributed by atoms with E-state index in [-0.39, 0.29) is 17.0 Å². The Labute approximate surface area is 188 Å². The van der Waals surface area contributed by atoms with Crippen molar-refractivity contribution in [1.82, 2.24) is 4.90 Å². The van der Waals surface area contributed by atoms with Crippen LogP contribution in [-0.2, 0) is 14.4 Å². The lowest BCUT2D eigenvalue weighted by Crippen LogP contribution is -2.70. The van der Waals surface area contributed by atoms with E-state index in [0.717, 1.165) is 0 Å². The molecule has 3 aliphatic carbocycles. The van der Waals surface area contributed by atoms with Crippen LogP contribution in [0.1, 0.15) is 24.0 Å². The van der Waals surface area contributed by atoms with E-state index >= 15 is 0 Å². The van der Waals surface area contributed by atoms with E-state index < -0.39 is 75.6 Å². The first-order valence-corrected chi connectivity index (χ1v) is 10.2. The molecule has 1 aromatic carbocycles. The van der Waals surface area contributed by atoms with Crippen molar-refractivity contribution in [3.63, 3.8) is 0 Å². The van der Waals surface area contributed by atoms with Gasteiger partial charge in [0.15, 0.2) is 11.4 Å². The lowest BCUT2D eigenvalue weighted by molar-refractivity contribution is -0.169. The average Bonchev–Trinajstić information content (AvgIpc) is 2.72. The first kappa shape index (κ1) is 22.8. The lowest BCUT2D eigenvalue weighted by Gasteiger charge is -2.53. The van der Waals surface area contributed by atoms with Crippen LogP contribution in [0.25, 0.3) is 5.76 Å². The molecule has 0 bridgehead atoms. The van der Waals surface area contributed by atoms with Gasteiger partial charge in [0, 0.05) is 17.2 Å². The summed E-state index contributed by atoms with van der Waals surface area (Å²) in [5, 5.41) is 55.1. The Kier molecular flexibility index (Phi) is 4.86. The van der Waals surface area contributed by atoms with Crippen molar-refractivity contribution in [3.8, 4) is 5.75 Å². The number of ketones is 2. The summed E-state index contributed by atoms with van der Waals surface area (Å²) < 4.78 is 0. The number of aromatic hydroxyl groups is 1. The number of aliphatic hydroxyl groups is 4. The fourth-order valence-corrected chi connectivity index (χ4v) is 5.73. The number of carbonyl (C=O) groups excluding carboxylic acids is 3. The molecule has 11 nitrogen and oxygen atoms in total. The number of aliphatic hydroxyl groups excluding tert-OH is 3. The normalized spacial score (nSPS) is 33.7. The first-order valence-electron chi connectivity index (χ1n) is 10.2.